The van der Waals surface area contributed by atoms with Crippen LogP contribution < -0.4 is 15.4 Å². The largest absolute Gasteiger partial charge is 0.434 e. The van der Waals surface area contributed by atoms with Gasteiger partial charge in [0.25, 0.3) is 0 Å². The summed E-state index contributed by atoms with van der Waals surface area (Å²) in [6.45, 7) is -0.751. The van der Waals surface area contributed by atoms with E-state index in [2.05, 4.69) is 19.7 Å². The average molecular weight is 380 g/mol. The molecule has 7 nitrogen and oxygen atoms in total. The van der Waals surface area contributed by atoms with Gasteiger partial charge in [-0.15, -0.1) is 0 Å². The second-order valence-electron chi connectivity index (χ2n) is 5.79. The van der Waals surface area contributed by atoms with Crippen molar-refractivity contribution in [3.63, 3.8) is 0 Å². The predicted octanol–water partition coefficient (Wildman–Crippen LogP) is 1.85. The van der Waals surface area contributed by atoms with Crippen LogP contribution in [0.3, 0.4) is 0 Å². The number of halogens is 3. The molecule has 144 valence electrons. The van der Waals surface area contributed by atoms with Crippen molar-refractivity contribution in [1.82, 2.24) is 14.9 Å². The normalized spacial score (nSPS) is 15.3. The van der Waals surface area contributed by atoms with Gasteiger partial charge in [-0.05, 0) is 18.2 Å². The molecule has 2 heterocycles. The van der Waals surface area contributed by atoms with Crippen LogP contribution >= 0.6 is 0 Å². The smallest absolute Gasteiger partial charge is 0.387 e. The van der Waals surface area contributed by atoms with Gasteiger partial charge in [0.2, 0.25) is 5.95 Å². The summed E-state index contributed by atoms with van der Waals surface area (Å²) in [6.07, 6.45) is 3.36. The van der Waals surface area contributed by atoms with Crippen LogP contribution in [-0.4, -0.2) is 53.6 Å². The number of anilines is 1. The number of ether oxygens (including phenoxy) is 1. The lowest BCUT2D eigenvalue weighted by molar-refractivity contribution is -0.0506. The van der Waals surface area contributed by atoms with E-state index in [1.807, 2.05) is 9.80 Å². The first kappa shape index (κ1) is 18.7. The van der Waals surface area contributed by atoms with Crippen LogP contribution in [0, 0.1) is 5.82 Å². The molecule has 0 aliphatic carbocycles. The maximum Gasteiger partial charge on any atom is 0.387 e. The van der Waals surface area contributed by atoms with E-state index >= 15 is 0 Å². The molecule has 0 amide bonds. The van der Waals surface area contributed by atoms with Crippen LogP contribution in [0.5, 0.6) is 5.75 Å². The van der Waals surface area contributed by atoms with Gasteiger partial charge < -0.3 is 20.3 Å². The fourth-order valence-electron chi connectivity index (χ4n) is 2.75. The lowest BCUT2D eigenvalue weighted by atomic mass is 10.2. The monoisotopic (exact) mass is 380 g/mol. The maximum absolute atomic E-state index is 14.0. The Hall–Kier alpha value is -3.04. The Morgan fingerprint density at radius 2 is 1.85 bits per heavy atom. The van der Waals surface area contributed by atoms with E-state index in [1.165, 1.54) is 12.1 Å². The number of benzene rings is 1. The number of nitrogens with two attached hydrogens (primary N) is 1. The van der Waals surface area contributed by atoms with E-state index in [-0.39, 0.29) is 23.8 Å². The Kier molecular flexibility index (Phi) is 5.94. The summed E-state index contributed by atoms with van der Waals surface area (Å²) < 4.78 is 43.3. The van der Waals surface area contributed by atoms with Gasteiger partial charge in [0.1, 0.15) is 11.6 Å². The van der Waals surface area contributed by atoms with E-state index in [9.17, 15) is 13.2 Å². The van der Waals surface area contributed by atoms with Crippen molar-refractivity contribution in [3.8, 4) is 5.75 Å². The molecule has 1 saturated heterocycles. The molecule has 1 aromatic heterocycles. The van der Waals surface area contributed by atoms with Crippen molar-refractivity contribution >= 4 is 11.9 Å². The summed E-state index contributed by atoms with van der Waals surface area (Å²) in [5.74, 6) is -0.0500. The molecule has 1 aromatic carbocycles. The number of aliphatic imine (C=N–C) groups is 1. The zero-order valence-corrected chi connectivity index (χ0v) is 14.4. The highest BCUT2D eigenvalue weighted by molar-refractivity contribution is 5.78. The molecular weight excluding hydrogens is 361 g/mol. The summed E-state index contributed by atoms with van der Waals surface area (Å²) in [5.41, 5.74) is 5.94. The van der Waals surface area contributed by atoms with Crippen LogP contribution in [0.15, 0.2) is 41.7 Å². The molecule has 10 heteroatoms. The van der Waals surface area contributed by atoms with Crippen molar-refractivity contribution < 1.29 is 17.9 Å². The van der Waals surface area contributed by atoms with Crippen molar-refractivity contribution in [3.05, 3.63) is 48.0 Å². The van der Waals surface area contributed by atoms with Gasteiger partial charge in [-0.2, -0.15) is 8.78 Å². The molecule has 0 radical (unpaired) electrons. The van der Waals surface area contributed by atoms with Crippen LogP contribution in [-0.2, 0) is 6.54 Å². The lowest BCUT2D eigenvalue weighted by Gasteiger charge is -2.35. The number of hydrogen-bond acceptors (Lipinski definition) is 5. The summed E-state index contributed by atoms with van der Waals surface area (Å²) in [5, 5.41) is 0. The Bertz CT molecular complexity index is 781. The molecule has 0 unspecified atom stereocenters. The van der Waals surface area contributed by atoms with Gasteiger partial charge in [0.15, 0.2) is 5.96 Å². The predicted molar refractivity (Wildman–Crippen MR) is 94.2 cm³/mol. The van der Waals surface area contributed by atoms with Gasteiger partial charge in [0.05, 0.1) is 12.1 Å². The zero-order chi connectivity index (χ0) is 19.2. The van der Waals surface area contributed by atoms with E-state index in [0.29, 0.717) is 32.1 Å². The number of piperazine rings is 1. The molecule has 0 atom stereocenters. The second kappa shape index (κ2) is 8.56. The van der Waals surface area contributed by atoms with Gasteiger partial charge in [-0.3, -0.25) is 0 Å². The first-order chi connectivity index (χ1) is 13.0. The third kappa shape index (κ3) is 4.78. The van der Waals surface area contributed by atoms with Crippen molar-refractivity contribution in [1.29, 1.82) is 0 Å². The molecule has 0 bridgehead atoms. The van der Waals surface area contributed by atoms with E-state index < -0.39 is 12.4 Å². The molecule has 27 heavy (non-hydrogen) atoms. The molecule has 2 N–H and O–H groups in total. The molecule has 3 rings (SSSR count). The first-order valence-corrected chi connectivity index (χ1v) is 8.33. The molecular formula is C17H19F3N6O. The average Bonchev–Trinajstić information content (AvgIpc) is 2.68. The Balaban J connectivity index is 1.62. The third-order valence-corrected chi connectivity index (χ3v) is 4.13. The van der Waals surface area contributed by atoms with Crippen molar-refractivity contribution in [2.75, 3.05) is 31.1 Å². The quantitative estimate of drug-likeness (QED) is 0.630. The van der Waals surface area contributed by atoms with Gasteiger partial charge >= 0.3 is 6.61 Å². The molecule has 0 saturated carbocycles. The molecule has 1 aliphatic rings. The van der Waals surface area contributed by atoms with Gasteiger partial charge in [0, 0.05) is 38.6 Å². The van der Waals surface area contributed by atoms with E-state index in [1.54, 1.807) is 18.5 Å². The maximum atomic E-state index is 14.0. The first-order valence-electron chi connectivity index (χ1n) is 8.33. The number of aromatic nitrogens is 2. The summed E-state index contributed by atoms with van der Waals surface area (Å²) in [6, 6.07) is 5.49. The number of alkyl halides is 2. The summed E-state index contributed by atoms with van der Waals surface area (Å²) in [7, 11) is 0. The topological polar surface area (TPSA) is 79.9 Å². The van der Waals surface area contributed by atoms with Gasteiger partial charge in [-0.1, -0.05) is 6.07 Å². The Morgan fingerprint density at radius 1 is 1.15 bits per heavy atom. The minimum absolute atomic E-state index is 0.0583. The highest BCUT2D eigenvalue weighted by atomic mass is 19.3. The van der Waals surface area contributed by atoms with Crippen molar-refractivity contribution in [2.45, 2.75) is 13.2 Å². The summed E-state index contributed by atoms with van der Waals surface area (Å²) >= 11 is 0. The molecule has 1 fully saturated rings. The standard InChI is InChI=1S/C17H19F3N6O/c18-13-3-1-4-14(27-15(19)20)12(13)11-24-16(21)25-7-9-26(10-8-25)17-22-5-2-6-23-17/h1-6,15H,7-11H2,(H2,21,24). The van der Waals surface area contributed by atoms with Crippen LogP contribution in [0.2, 0.25) is 0 Å². The lowest BCUT2D eigenvalue weighted by Crippen LogP contribution is -2.51. The van der Waals surface area contributed by atoms with Crippen LogP contribution in [0.4, 0.5) is 19.1 Å². The molecule has 0 spiro atoms. The van der Waals surface area contributed by atoms with Crippen LogP contribution in [0.1, 0.15) is 5.56 Å². The van der Waals surface area contributed by atoms with Gasteiger partial charge in [-0.25, -0.2) is 19.4 Å². The number of hydrogen-bond donors (Lipinski definition) is 1. The summed E-state index contributed by atoms with van der Waals surface area (Å²) in [4.78, 5) is 16.4. The highest BCUT2D eigenvalue weighted by Crippen LogP contribution is 2.24. The number of rotatable bonds is 5. The fourth-order valence-corrected chi connectivity index (χ4v) is 2.75. The zero-order valence-electron chi connectivity index (χ0n) is 14.4. The fraction of sp³-hybridized carbons (Fsp3) is 0.353. The SMILES string of the molecule is NC(=NCc1c(F)cccc1OC(F)F)N1CCN(c2ncccn2)CC1. The Labute approximate surface area is 154 Å². The highest BCUT2D eigenvalue weighted by Gasteiger charge is 2.20. The third-order valence-electron chi connectivity index (χ3n) is 4.13. The second-order valence-corrected chi connectivity index (χ2v) is 5.79. The van der Waals surface area contributed by atoms with Crippen LogP contribution in [0.25, 0.3) is 0 Å². The number of nitrogens with zero attached hydrogens (tertiary/aromatic N) is 5. The number of guanidine groups is 1. The Morgan fingerprint density at radius 3 is 2.52 bits per heavy atom. The minimum Gasteiger partial charge on any atom is -0.434 e. The molecule has 2 aromatic rings. The molecule has 1 aliphatic heterocycles. The minimum atomic E-state index is -3.04. The van der Waals surface area contributed by atoms with Crippen molar-refractivity contribution in [2.24, 2.45) is 10.7 Å². The van der Waals surface area contributed by atoms with E-state index in [0.717, 1.165) is 6.07 Å². The van der Waals surface area contributed by atoms with E-state index in [4.69, 9.17) is 5.73 Å².